The lowest BCUT2D eigenvalue weighted by molar-refractivity contribution is -0.134. The Morgan fingerprint density at radius 2 is 1.87 bits per heavy atom. The Kier molecular flexibility index (Phi) is 5.21. The average molecular weight is 323 g/mol. The Balaban J connectivity index is 1.75. The molecule has 3 rings (SSSR count). The third-order valence-electron chi connectivity index (χ3n) is 5.66. The zero-order valence-corrected chi connectivity index (χ0v) is 14.1. The zero-order chi connectivity index (χ0) is 16.3. The number of hydrogen-bond donors (Lipinski definition) is 2. The predicted octanol–water partition coefficient (Wildman–Crippen LogP) is 1.50. The van der Waals surface area contributed by atoms with Gasteiger partial charge in [-0.2, -0.15) is 0 Å². The summed E-state index contributed by atoms with van der Waals surface area (Å²) in [6, 6.07) is -0.187. The third kappa shape index (κ3) is 3.24. The van der Waals surface area contributed by atoms with E-state index >= 15 is 0 Å². The van der Waals surface area contributed by atoms with Gasteiger partial charge < -0.3 is 15.4 Å². The van der Waals surface area contributed by atoms with Gasteiger partial charge in [-0.3, -0.25) is 9.69 Å². The molecule has 0 aromatic carbocycles. The summed E-state index contributed by atoms with van der Waals surface area (Å²) < 4.78 is 5.38. The molecular formula is C17H29N3O3. The van der Waals surface area contributed by atoms with E-state index in [1.54, 1.807) is 0 Å². The van der Waals surface area contributed by atoms with E-state index in [-0.39, 0.29) is 17.9 Å². The van der Waals surface area contributed by atoms with Gasteiger partial charge in [-0.15, -0.1) is 0 Å². The Bertz CT molecular complexity index is 444. The molecule has 0 aliphatic carbocycles. The van der Waals surface area contributed by atoms with Crippen molar-refractivity contribution in [3.8, 4) is 0 Å². The molecule has 2 N–H and O–H groups in total. The van der Waals surface area contributed by atoms with E-state index in [1.165, 1.54) is 4.90 Å². The molecule has 3 saturated heterocycles. The molecule has 0 aromatic rings. The fraction of sp³-hybridized carbons (Fsp3) is 0.882. The number of rotatable bonds is 5. The minimum atomic E-state index is -0.668. The maximum absolute atomic E-state index is 13.2. The van der Waals surface area contributed by atoms with Gasteiger partial charge in [-0.1, -0.05) is 13.3 Å². The molecule has 3 aliphatic rings. The van der Waals surface area contributed by atoms with Gasteiger partial charge in [0.25, 0.3) is 5.91 Å². The monoisotopic (exact) mass is 323 g/mol. The lowest BCUT2D eigenvalue weighted by atomic mass is 9.75. The second kappa shape index (κ2) is 7.18. The molecule has 0 bridgehead atoms. The van der Waals surface area contributed by atoms with Crippen LogP contribution >= 0.6 is 0 Å². The quantitative estimate of drug-likeness (QED) is 0.752. The molecular weight excluding hydrogens is 294 g/mol. The number of hydrogen-bond acceptors (Lipinski definition) is 4. The van der Waals surface area contributed by atoms with Gasteiger partial charge in [-0.25, -0.2) is 4.79 Å². The molecule has 3 heterocycles. The van der Waals surface area contributed by atoms with E-state index in [2.05, 4.69) is 17.6 Å². The van der Waals surface area contributed by atoms with E-state index < -0.39 is 5.54 Å². The Hall–Kier alpha value is -1.14. The minimum Gasteiger partial charge on any atom is -0.381 e. The summed E-state index contributed by atoms with van der Waals surface area (Å²) in [5.41, 5.74) is -0.668. The Morgan fingerprint density at radius 1 is 1.17 bits per heavy atom. The number of urea groups is 1. The second-order valence-corrected chi connectivity index (χ2v) is 7.15. The maximum Gasteiger partial charge on any atom is 0.325 e. The van der Waals surface area contributed by atoms with E-state index in [4.69, 9.17) is 4.74 Å². The van der Waals surface area contributed by atoms with Crippen LogP contribution in [0.3, 0.4) is 0 Å². The van der Waals surface area contributed by atoms with Crippen LogP contribution < -0.4 is 10.6 Å². The standard InChI is InChI=1S/C17H29N3O3/c1-2-7-17(14-3-8-18-9-4-14)15(21)20(16(22)19-17)12-13-5-10-23-11-6-13/h13-14,18H,2-12H2,1H3,(H,19,22). The third-order valence-corrected chi connectivity index (χ3v) is 5.66. The van der Waals surface area contributed by atoms with Gasteiger partial charge in [0.15, 0.2) is 0 Å². The first-order valence-corrected chi connectivity index (χ1v) is 9.10. The molecule has 6 heteroatoms. The second-order valence-electron chi connectivity index (χ2n) is 7.15. The van der Waals surface area contributed by atoms with E-state index in [0.717, 1.165) is 64.8 Å². The highest BCUT2D eigenvalue weighted by molar-refractivity contribution is 6.07. The summed E-state index contributed by atoms with van der Waals surface area (Å²) in [5.74, 6) is 0.645. The highest BCUT2D eigenvalue weighted by Crippen LogP contribution is 2.36. The van der Waals surface area contributed by atoms with Crippen molar-refractivity contribution < 1.29 is 14.3 Å². The minimum absolute atomic E-state index is 0.0164. The Morgan fingerprint density at radius 3 is 2.52 bits per heavy atom. The summed E-state index contributed by atoms with van der Waals surface area (Å²) >= 11 is 0. The Labute approximate surface area is 138 Å². The molecule has 1 unspecified atom stereocenters. The first-order chi connectivity index (χ1) is 11.2. The lowest BCUT2D eigenvalue weighted by Crippen LogP contribution is -2.55. The number of carbonyl (C=O) groups is 2. The van der Waals surface area contributed by atoms with E-state index in [0.29, 0.717) is 12.5 Å². The van der Waals surface area contributed by atoms with Gasteiger partial charge in [0.05, 0.1) is 0 Å². The normalized spacial score (nSPS) is 30.7. The number of amides is 3. The number of piperidine rings is 1. The number of nitrogens with one attached hydrogen (secondary N) is 2. The first-order valence-electron chi connectivity index (χ1n) is 9.10. The summed E-state index contributed by atoms with van der Waals surface area (Å²) in [5, 5.41) is 6.45. The molecule has 3 aliphatic heterocycles. The summed E-state index contributed by atoms with van der Waals surface area (Å²) in [6.45, 7) is 5.97. The van der Waals surface area contributed by atoms with Crippen molar-refractivity contribution in [3.63, 3.8) is 0 Å². The van der Waals surface area contributed by atoms with Gasteiger partial charge in [0.2, 0.25) is 0 Å². The van der Waals surface area contributed by atoms with Crippen LogP contribution in [0.4, 0.5) is 4.79 Å². The van der Waals surface area contributed by atoms with Gasteiger partial charge in [0, 0.05) is 19.8 Å². The number of ether oxygens (including phenoxy) is 1. The number of nitrogens with zero attached hydrogens (tertiary/aromatic N) is 1. The van der Waals surface area contributed by atoms with Crippen LogP contribution in [-0.4, -0.2) is 55.2 Å². The van der Waals surface area contributed by atoms with E-state index in [9.17, 15) is 9.59 Å². The van der Waals surface area contributed by atoms with Crippen molar-refractivity contribution in [3.05, 3.63) is 0 Å². The number of carbonyl (C=O) groups excluding carboxylic acids is 2. The van der Waals surface area contributed by atoms with E-state index in [1.807, 2.05) is 0 Å². The van der Waals surface area contributed by atoms with Crippen LogP contribution in [0.2, 0.25) is 0 Å². The molecule has 1 atom stereocenters. The van der Waals surface area contributed by atoms with Crippen molar-refractivity contribution in [1.29, 1.82) is 0 Å². The van der Waals surface area contributed by atoms with Crippen molar-refractivity contribution >= 4 is 11.9 Å². The van der Waals surface area contributed by atoms with Crippen molar-refractivity contribution in [2.24, 2.45) is 11.8 Å². The van der Waals surface area contributed by atoms with Gasteiger partial charge >= 0.3 is 6.03 Å². The van der Waals surface area contributed by atoms with Crippen LogP contribution in [0.5, 0.6) is 0 Å². The topological polar surface area (TPSA) is 70.7 Å². The van der Waals surface area contributed by atoms with Crippen LogP contribution in [0.15, 0.2) is 0 Å². The summed E-state index contributed by atoms with van der Waals surface area (Å²) in [7, 11) is 0. The summed E-state index contributed by atoms with van der Waals surface area (Å²) in [4.78, 5) is 27.2. The summed E-state index contributed by atoms with van der Waals surface area (Å²) in [6.07, 6.45) is 5.43. The highest BCUT2D eigenvalue weighted by atomic mass is 16.5. The molecule has 3 amide bonds. The predicted molar refractivity (Wildman–Crippen MR) is 87.0 cm³/mol. The van der Waals surface area contributed by atoms with Crippen molar-refractivity contribution in [1.82, 2.24) is 15.5 Å². The lowest BCUT2D eigenvalue weighted by Gasteiger charge is -2.38. The van der Waals surface area contributed by atoms with Crippen LogP contribution in [0, 0.1) is 11.8 Å². The largest absolute Gasteiger partial charge is 0.381 e. The molecule has 23 heavy (non-hydrogen) atoms. The molecule has 3 fully saturated rings. The smallest absolute Gasteiger partial charge is 0.325 e. The fourth-order valence-electron chi connectivity index (χ4n) is 4.36. The number of imide groups is 1. The first kappa shape index (κ1) is 16.7. The van der Waals surface area contributed by atoms with Gasteiger partial charge in [0.1, 0.15) is 5.54 Å². The molecule has 130 valence electrons. The van der Waals surface area contributed by atoms with Crippen LogP contribution in [0.1, 0.15) is 45.4 Å². The maximum atomic E-state index is 13.2. The fourth-order valence-corrected chi connectivity index (χ4v) is 4.36. The molecule has 0 spiro atoms. The van der Waals surface area contributed by atoms with Crippen molar-refractivity contribution in [2.45, 2.75) is 51.0 Å². The van der Waals surface area contributed by atoms with Crippen LogP contribution in [0.25, 0.3) is 0 Å². The molecule has 0 radical (unpaired) electrons. The van der Waals surface area contributed by atoms with Crippen LogP contribution in [-0.2, 0) is 9.53 Å². The average Bonchev–Trinajstić information content (AvgIpc) is 2.82. The highest BCUT2D eigenvalue weighted by Gasteiger charge is 2.55. The van der Waals surface area contributed by atoms with Gasteiger partial charge in [-0.05, 0) is 57.0 Å². The molecule has 6 nitrogen and oxygen atoms in total. The zero-order valence-electron chi connectivity index (χ0n) is 14.1. The molecule has 0 saturated carbocycles. The molecule has 0 aromatic heterocycles. The van der Waals surface area contributed by atoms with Crippen molar-refractivity contribution in [2.75, 3.05) is 32.8 Å². The SMILES string of the molecule is CCCC1(C2CCNCC2)NC(=O)N(CC2CCOCC2)C1=O.